The minimum atomic E-state index is -4.16. The Kier molecular flexibility index (Phi) is 11.0. The summed E-state index contributed by atoms with van der Waals surface area (Å²) >= 11 is 3.39. The number of halogens is 1. The summed E-state index contributed by atoms with van der Waals surface area (Å²) < 4.78 is 46.2. The Labute approximate surface area is 275 Å². The quantitative estimate of drug-likeness (QED) is 0.139. The molecule has 1 unspecified atom stereocenters. The first-order chi connectivity index (χ1) is 22.0. The van der Waals surface area contributed by atoms with E-state index < -0.39 is 30.7 Å². The zero-order valence-electron chi connectivity index (χ0n) is 26.1. The van der Waals surface area contributed by atoms with Crippen LogP contribution < -0.4 is 20.9 Å². The van der Waals surface area contributed by atoms with Gasteiger partial charge in [0, 0.05) is 22.7 Å². The number of hydrogen-bond acceptors (Lipinski definition) is 11. The van der Waals surface area contributed by atoms with Crippen LogP contribution in [-0.2, 0) is 28.1 Å². The van der Waals surface area contributed by atoms with Crippen molar-refractivity contribution in [3.8, 4) is 5.75 Å². The average Bonchev–Trinajstić information content (AvgIpc) is 3.55. The first kappa shape index (κ1) is 34.3. The fraction of sp³-hybridized carbons (Fsp3) is 0.533. The van der Waals surface area contributed by atoms with Gasteiger partial charge in [0.2, 0.25) is 5.95 Å². The Hall–Kier alpha value is -3.07. The summed E-state index contributed by atoms with van der Waals surface area (Å²) in [6.45, 7) is 6.10. The van der Waals surface area contributed by atoms with E-state index in [0.29, 0.717) is 25.1 Å². The zero-order valence-corrected chi connectivity index (χ0v) is 28.6. The van der Waals surface area contributed by atoms with Crippen molar-refractivity contribution >= 4 is 53.0 Å². The normalized spacial score (nSPS) is 23.1. The zero-order chi connectivity index (χ0) is 32.9. The number of aromatic amines is 1. The number of nitrogen functional groups attached to an aromatic ring is 1. The number of hydrogen-bond donors (Lipinski definition) is 3. The van der Waals surface area contributed by atoms with Crippen LogP contribution in [0.3, 0.4) is 0 Å². The minimum absolute atomic E-state index is 0.0327. The van der Waals surface area contributed by atoms with Crippen LogP contribution >= 0.6 is 23.7 Å². The third-order valence-corrected chi connectivity index (χ3v) is 9.93. The Morgan fingerprint density at radius 1 is 1.30 bits per heavy atom. The highest BCUT2D eigenvalue weighted by molar-refractivity contribution is 9.10. The molecular weight excluding hydrogens is 683 g/mol. The number of nitrogens with two attached hydrogens (primary N) is 1. The molecule has 0 bridgehead atoms. The molecule has 1 saturated heterocycles. The van der Waals surface area contributed by atoms with Crippen molar-refractivity contribution in [3.63, 3.8) is 0 Å². The molecule has 3 aromatic rings. The summed E-state index contributed by atoms with van der Waals surface area (Å²) in [5, 5.41) is 2.77. The summed E-state index contributed by atoms with van der Waals surface area (Å²) in [5.41, 5.74) is 5.93. The molecule has 0 radical (unpaired) electrons. The summed E-state index contributed by atoms with van der Waals surface area (Å²) in [5.74, 6) is -0.322. The predicted molar refractivity (Wildman–Crippen MR) is 175 cm³/mol. The maximum absolute atomic E-state index is 14.3. The second-order valence-corrected chi connectivity index (χ2v) is 14.3. The molecule has 46 heavy (non-hydrogen) atoms. The SMILES string of the molecule is CCC[C@H](C)OC(=O)[C@H](C)N[P@](=O)(OC[C@@]1(COC2CCCCO2)C/C1=C/n1cnc2c(=O)[nH]c(N)nc21)Oc1ccc(Br)cc1. The molecule has 2 fully saturated rings. The van der Waals surface area contributed by atoms with Crippen LogP contribution in [0.4, 0.5) is 5.95 Å². The maximum Gasteiger partial charge on any atom is 0.459 e. The summed E-state index contributed by atoms with van der Waals surface area (Å²) in [6.07, 6.45) is 7.40. The number of aromatic nitrogens is 4. The van der Waals surface area contributed by atoms with E-state index in [1.165, 1.54) is 6.33 Å². The first-order valence-corrected chi connectivity index (χ1v) is 17.7. The number of nitrogens with one attached hydrogen (secondary N) is 2. The molecule has 0 spiro atoms. The van der Waals surface area contributed by atoms with Crippen LogP contribution in [0.15, 0.2) is 45.4 Å². The summed E-state index contributed by atoms with van der Waals surface area (Å²) in [7, 11) is -4.16. The number of H-pyrrole nitrogens is 1. The lowest BCUT2D eigenvalue weighted by Gasteiger charge is -2.27. The van der Waals surface area contributed by atoms with Crippen LogP contribution in [0.1, 0.15) is 59.3 Å². The van der Waals surface area contributed by atoms with Gasteiger partial charge < -0.3 is 24.5 Å². The predicted octanol–water partition coefficient (Wildman–Crippen LogP) is 5.15. The van der Waals surface area contributed by atoms with Crippen molar-refractivity contribution in [2.45, 2.75) is 77.7 Å². The van der Waals surface area contributed by atoms with Crippen molar-refractivity contribution in [1.29, 1.82) is 0 Å². The van der Waals surface area contributed by atoms with Crippen LogP contribution in [0, 0.1) is 5.41 Å². The highest BCUT2D eigenvalue weighted by Gasteiger charge is 2.52. The second-order valence-electron chi connectivity index (χ2n) is 11.7. The molecule has 14 nitrogen and oxygen atoms in total. The van der Waals surface area contributed by atoms with Crippen LogP contribution in [0.2, 0.25) is 0 Å². The molecule has 1 aromatic carbocycles. The molecule has 3 heterocycles. The third-order valence-electron chi connectivity index (χ3n) is 7.78. The van der Waals surface area contributed by atoms with Gasteiger partial charge >= 0.3 is 13.7 Å². The van der Waals surface area contributed by atoms with E-state index in [9.17, 15) is 14.2 Å². The van der Waals surface area contributed by atoms with Gasteiger partial charge in [0.1, 0.15) is 18.1 Å². The van der Waals surface area contributed by atoms with E-state index in [2.05, 4.69) is 36.0 Å². The van der Waals surface area contributed by atoms with Crippen LogP contribution in [-0.4, -0.2) is 63.7 Å². The molecule has 0 amide bonds. The van der Waals surface area contributed by atoms with Gasteiger partial charge in [0.25, 0.3) is 5.56 Å². The highest BCUT2D eigenvalue weighted by Crippen LogP contribution is 2.57. The van der Waals surface area contributed by atoms with Gasteiger partial charge in [-0.15, -0.1) is 0 Å². The van der Waals surface area contributed by atoms with Crippen molar-refractivity contribution in [1.82, 2.24) is 24.6 Å². The van der Waals surface area contributed by atoms with Gasteiger partial charge in [0.05, 0.1) is 19.3 Å². The molecule has 4 N–H and O–H groups in total. The van der Waals surface area contributed by atoms with E-state index in [1.54, 1.807) is 42.0 Å². The molecule has 5 rings (SSSR count). The first-order valence-electron chi connectivity index (χ1n) is 15.3. The molecule has 1 aliphatic heterocycles. The largest absolute Gasteiger partial charge is 0.462 e. The molecule has 1 saturated carbocycles. The molecule has 5 atom stereocenters. The molecule has 250 valence electrons. The summed E-state index contributed by atoms with van der Waals surface area (Å²) in [4.78, 5) is 36.0. The topological polar surface area (TPSA) is 182 Å². The highest BCUT2D eigenvalue weighted by atomic mass is 79.9. The van der Waals surface area contributed by atoms with E-state index in [0.717, 1.165) is 35.7 Å². The number of carbonyl (C=O) groups is 1. The van der Waals surface area contributed by atoms with E-state index in [4.69, 9.17) is 29.0 Å². The monoisotopic (exact) mass is 722 g/mol. The van der Waals surface area contributed by atoms with Gasteiger partial charge in [-0.3, -0.25) is 23.7 Å². The van der Waals surface area contributed by atoms with Crippen molar-refractivity contribution in [2.24, 2.45) is 5.41 Å². The Balaban J connectivity index is 1.39. The number of anilines is 1. The van der Waals surface area contributed by atoms with Crippen molar-refractivity contribution in [3.05, 3.63) is 51.0 Å². The number of ether oxygens (including phenoxy) is 3. The fourth-order valence-electron chi connectivity index (χ4n) is 5.12. The Morgan fingerprint density at radius 2 is 2.09 bits per heavy atom. The minimum Gasteiger partial charge on any atom is -0.462 e. The maximum atomic E-state index is 14.3. The molecule has 16 heteroatoms. The molecule has 2 aromatic heterocycles. The number of benzene rings is 1. The van der Waals surface area contributed by atoms with Crippen molar-refractivity contribution in [2.75, 3.05) is 25.6 Å². The number of imidazole rings is 1. The van der Waals surface area contributed by atoms with Crippen LogP contribution in [0.25, 0.3) is 17.4 Å². The average molecular weight is 724 g/mol. The molecular formula is C30H40BrN6O8P. The standard InChI is InChI=1S/C30H40BrN6O8P/c1-4-7-19(2)44-28(39)20(3)36-46(40,45-23-11-9-22(31)10-12-23)43-17-30(16-42-24-8-5-6-13-41-24)14-21(30)15-37-18-33-25-26(37)34-29(32)35-27(25)38/h9-12,15,18-20,24H,4-8,13-14,16-17H2,1-3H3,(H,36,40)(H3,32,34,35,38)/b21-15-/t19-,20-,24?,30-,46-/m0/s1. The van der Waals surface area contributed by atoms with Gasteiger partial charge in [-0.1, -0.05) is 29.3 Å². The third kappa shape index (κ3) is 8.64. The van der Waals surface area contributed by atoms with Gasteiger partial charge in [-0.05, 0) is 75.8 Å². The molecule has 1 aliphatic carbocycles. The van der Waals surface area contributed by atoms with E-state index in [-0.39, 0.29) is 42.8 Å². The lowest BCUT2D eigenvalue weighted by Crippen LogP contribution is -2.37. The Bertz CT molecular complexity index is 1660. The number of rotatable bonds is 15. The molecule has 2 aliphatic rings. The van der Waals surface area contributed by atoms with Crippen LogP contribution in [0.5, 0.6) is 5.75 Å². The number of esters is 1. The van der Waals surface area contributed by atoms with Gasteiger partial charge in [0.15, 0.2) is 17.5 Å². The lowest BCUT2D eigenvalue weighted by atomic mass is 10.1. The fourth-order valence-corrected chi connectivity index (χ4v) is 6.96. The summed E-state index contributed by atoms with van der Waals surface area (Å²) in [6, 6.07) is 5.77. The van der Waals surface area contributed by atoms with E-state index in [1.807, 2.05) is 13.8 Å². The van der Waals surface area contributed by atoms with Gasteiger partial charge in [-0.25, -0.2) is 9.55 Å². The van der Waals surface area contributed by atoms with Crippen molar-refractivity contribution < 1.29 is 32.6 Å². The number of fused-ring (bicyclic) bond motifs is 1. The van der Waals surface area contributed by atoms with Gasteiger partial charge in [-0.2, -0.15) is 10.1 Å². The second kappa shape index (κ2) is 14.8. The number of carbonyl (C=O) groups excluding carboxylic acids is 1. The smallest absolute Gasteiger partial charge is 0.459 e. The number of nitrogens with zero attached hydrogens (tertiary/aromatic N) is 3. The van der Waals surface area contributed by atoms with E-state index >= 15 is 0 Å². The lowest BCUT2D eigenvalue weighted by molar-refractivity contribution is -0.171. The Morgan fingerprint density at radius 3 is 2.80 bits per heavy atom.